The maximum atomic E-state index is 10.9. The van der Waals surface area contributed by atoms with Crippen LogP contribution in [0.3, 0.4) is 0 Å². The van der Waals surface area contributed by atoms with E-state index < -0.39 is 11.9 Å². The molecular formula is C11H10NNaO4. The van der Waals surface area contributed by atoms with Crippen LogP contribution in [0, 0.1) is 11.3 Å². The molecular weight excluding hydrogens is 233 g/mol. The summed E-state index contributed by atoms with van der Waals surface area (Å²) in [6.45, 7) is 1.37. The van der Waals surface area contributed by atoms with E-state index in [1.54, 1.807) is 0 Å². The molecule has 0 saturated heterocycles. The van der Waals surface area contributed by atoms with E-state index >= 15 is 0 Å². The largest absolute Gasteiger partial charge is 1.00 e. The molecule has 0 radical (unpaired) electrons. The van der Waals surface area contributed by atoms with E-state index in [1.807, 2.05) is 0 Å². The third-order valence-electron chi connectivity index (χ3n) is 2.01. The minimum absolute atomic E-state index is 0. The second-order valence-corrected chi connectivity index (χ2v) is 3.19. The third-order valence-corrected chi connectivity index (χ3v) is 2.01. The average Bonchev–Trinajstić information content (AvgIpc) is 2.17. The molecule has 1 rings (SSSR count). The summed E-state index contributed by atoms with van der Waals surface area (Å²) in [6.07, 6.45) is 0. The van der Waals surface area contributed by atoms with Crippen molar-refractivity contribution < 1.29 is 49.4 Å². The first kappa shape index (κ1) is 15.7. The maximum Gasteiger partial charge on any atom is 1.00 e. The van der Waals surface area contributed by atoms with Crippen molar-refractivity contribution in [3.8, 4) is 0 Å². The van der Waals surface area contributed by atoms with Crippen LogP contribution in [0.2, 0.25) is 0 Å². The van der Waals surface area contributed by atoms with E-state index in [9.17, 15) is 9.59 Å². The number of hydrogen-bond acceptors (Lipinski definition) is 3. The summed E-state index contributed by atoms with van der Waals surface area (Å²) in [6, 6.07) is 5.38. The van der Waals surface area contributed by atoms with E-state index in [1.165, 1.54) is 31.2 Å². The summed E-state index contributed by atoms with van der Waals surface area (Å²) in [4.78, 5) is 21.5. The van der Waals surface area contributed by atoms with Gasteiger partial charge in [-0.3, -0.25) is 4.79 Å². The number of carbonyl (C=O) groups is 2. The molecule has 0 amide bonds. The number of carboxylic acids is 2. The van der Waals surface area contributed by atoms with Gasteiger partial charge >= 0.3 is 35.5 Å². The molecule has 0 heterocycles. The monoisotopic (exact) mass is 243 g/mol. The van der Waals surface area contributed by atoms with Crippen LogP contribution >= 0.6 is 0 Å². The molecule has 0 aliphatic heterocycles. The summed E-state index contributed by atoms with van der Waals surface area (Å²) in [5.74, 6) is -2.40. The number of nitrogens with one attached hydrogen (secondary N) is 1. The van der Waals surface area contributed by atoms with Gasteiger partial charge in [-0.25, -0.2) is 4.79 Å². The van der Waals surface area contributed by atoms with E-state index in [0.717, 1.165) is 0 Å². The Hall–Kier alpha value is -1.30. The Morgan fingerprint density at radius 2 is 1.65 bits per heavy atom. The fourth-order valence-electron chi connectivity index (χ4n) is 1.28. The number of carboxylic acid groups (broad SMARTS) is 2. The van der Waals surface area contributed by atoms with Gasteiger partial charge in [-0.15, -0.1) is 12.1 Å². The predicted molar refractivity (Wildman–Crippen MR) is 56.8 cm³/mol. The van der Waals surface area contributed by atoms with E-state index in [-0.39, 0.29) is 46.8 Å². The second-order valence-electron chi connectivity index (χ2n) is 3.19. The maximum absolute atomic E-state index is 10.9. The van der Waals surface area contributed by atoms with Gasteiger partial charge in [0, 0.05) is 5.56 Å². The van der Waals surface area contributed by atoms with Crippen molar-refractivity contribution in [3.05, 3.63) is 41.3 Å². The Bertz CT molecular complexity index is 427. The summed E-state index contributed by atoms with van der Waals surface area (Å²) >= 11 is 0. The number of rotatable bonds is 4. The Balaban J connectivity index is 0.00000256. The molecule has 0 aromatic heterocycles. The standard InChI is InChI=1S/C11H10NO4.Na/c1-6(12)9(11(15)16)7-2-4-8(5-3-7)10(13)14;/h2-5,12H,1H3,(H,13,14)(H,15,16);/q-1;+1. The summed E-state index contributed by atoms with van der Waals surface area (Å²) in [5, 5.41) is 24.9. The number of aromatic carboxylic acids is 1. The molecule has 0 saturated carbocycles. The first-order chi connectivity index (χ1) is 7.43. The minimum Gasteiger partial charge on any atom is -0.487 e. The fourth-order valence-corrected chi connectivity index (χ4v) is 1.28. The van der Waals surface area contributed by atoms with E-state index in [4.69, 9.17) is 15.6 Å². The van der Waals surface area contributed by atoms with Gasteiger partial charge in [0.2, 0.25) is 0 Å². The SMILES string of the molecule is CC(=N)[C-](C(=O)O)c1ccc(C(=O)O)cc1.[Na+]. The Kier molecular flexibility index (Phi) is 5.95. The molecule has 0 fully saturated rings. The van der Waals surface area contributed by atoms with Crippen molar-refractivity contribution in [2.45, 2.75) is 6.92 Å². The Morgan fingerprint density at radius 3 is 1.94 bits per heavy atom. The van der Waals surface area contributed by atoms with Crippen LogP contribution in [0.1, 0.15) is 22.8 Å². The Labute approximate surface area is 120 Å². The van der Waals surface area contributed by atoms with Crippen molar-refractivity contribution in [2.75, 3.05) is 0 Å². The molecule has 0 aliphatic rings. The topological polar surface area (TPSA) is 98.5 Å². The zero-order valence-electron chi connectivity index (χ0n) is 9.52. The van der Waals surface area contributed by atoms with Crippen LogP contribution in [0.25, 0.3) is 0 Å². The van der Waals surface area contributed by atoms with Crippen molar-refractivity contribution >= 4 is 17.7 Å². The summed E-state index contributed by atoms with van der Waals surface area (Å²) in [7, 11) is 0. The van der Waals surface area contributed by atoms with Crippen LogP contribution in [0.4, 0.5) is 0 Å². The van der Waals surface area contributed by atoms with Crippen LogP contribution in [0.5, 0.6) is 0 Å². The van der Waals surface area contributed by atoms with Gasteiger partial charge in [-0.05, 0) is 18.6 Å². The number of benzene rings is 1. The molecule has 0 atom stereocenters. The average molecular weight is 243 g/mol. The second kappa shape index (κ2) is 6.44. The first-order valence-corrected chi connectivity index (χ1v) is 4.43. The fraction of sp³-hybridized carbons (Fsp3) is 0.0909. The van der Waals surface area contributed by atoms with Gasteiger partial charge in [-0.1, -0.05) is 0 Å². The third kappa shape index (κ3) is 3.89. The summed E-state index contributed by atoms with van der Waals surface area (Å²) < 4.78 is 0. The van der Waals surface area contributed by atoms with E-state index in [2.05, 4.69) is 0 Å². The minimum atomic E-state index is -1.20. The Morgan fingerprint density at radius 1 is 1.18 bits per heavy atom. The first-order valence-electron chi connectivity index (χ1n) is 4.43. The zero-order chi connectivity index (χ0) is 12.3. The van der Waals surface area contributed by atoms with Crippen molar-refractivity contribution in [2.24, 2.45) is 0 Å². The molecule has 3 N–H and O–H groups in total. The van der Waals surface area contributed by atoms with Gasteiger partial charge in [0.15, 0.2) is 0 Å². The summed E-state index contributed by atoms with van der Waals surface area (Å²) in [5.41, 5.74) is 0.330. The van der Waals surface area contributed by atoms with Gasteiger partial charge in [0.25, 0.3) is 5.97 Å². The van der Waals surface area contributed by atoms with Gasteiger partial charge in [-0.2, -0.15) is 17.7 Å². The van der Waals surface area contributed by atoms with Crippen LogP contribution < -0.4 is 29.6 Å². The number of hydrogen-bond donors (Lipinski definition) is 3. The van der Waals surface area contributed by atoms with Crippen molar-refractivity contribution in [1.82, 2.24) is 0 Å². The van der Waals surface area contributed by atoms with Crippen LogP contribution in [0.15, 0.2) is 24.3 Å². The molecule has 6 heteroatoms. The van der Waals surface area contributed by atoms with E-state index in [0.29, 0.717) is 5.56 Å². The van der Waals surface area contributed by atoms with Gasteiger partial charge in [0.1, 0.15) is 0 Å². The molecule has 5 nitrogen and oxygen atoms in total. The molecule has 1 aromatic carbocycles. The normalized spacial score (nSPS) is 9.00. The van der Waals surface area contributed by atoms with Gasteiger partial charge < -0.3 is 15.6 Å². The molecule has 0 spiro atoms. The quantitative estimate of drug-likeness (QED) is 0.338. The molecule has 1 aromatic rings. The van der Waals surface area contributed by atoms with Crippen molar-refractivity contribution in [3.63, 3.8) is 0 Å². The predicted octanol–water partition coefficient (Wildman–Crippen LogP) is -1.56. The van der Waals surface area contributed by atoms with Crippen molar-refractivity contribution in [1.29, 1.82) is 5.41 Å². The molecule has 84 valence electrons. The molecule has 0 aliphatic carbocycles. The van der Waals surface area contributed by atoms with Crippen LogP contribution in [-0.2, 0) is 4.79 Å². The smallest absolute Gasteiger partial charge is 0.487 e. The molecule has 0 unspecified atom stereocenters. The number of aliphatic carboxylic acids is 1. The van der Waals surface area contributed by atoms with Crippen LogP contribution in [-0.4, -0.2) is 27.9 Å². The van der Waals surface area contributed by atoms with Gasteiger partial charge in [0.05, 0.1) is 0 Å². The molecule has 17 heavy (non-hydrogen) atoms. The molecule has 0 bridgehead atoms. The zero-order valence-corrected chi connectivity index (χ0v) is 11.5.